The highest BCUT2D eigenvalue weighted by Gasteiger charge is 2.22. The molecule has 0 saturated heterocycles. The molecule has 0 aliphatic carbocycles. The van der Waals surface area contributed by atoms with Crippen molar-refractivity contribution in [3.8, 4) is 0 Å². The highest BCUT2D eigenvalue weighted by Crippen LogP contribution is 2.25. The third kappa shape index (κ3) is 3.03. The summed E-state index contributed by atoms with van der Waals surface area (Å²) in [6, 6.07) is 9.23. The van der Waals surface area contributed by atoms with Crippen LogP contribution in [0.4, 0.5) is 0 Å². The molecule has 4 heteroatoms. The fourth-order valence-corrected chi connectivity index (χ4v) is 2.02. The Bertz CT molecular complexity index is 302. The van der Waals surface area contributed by atoms with Gasteiger partial charge in [0.15, 0.2) is 0 Å². The molecule has 3 nitrogen and oxygen atoms in total. The summed E-state index contributed by atoms with van der Waals surface area (Å²) in [4.78, 5) is 11.4. The van der Waals surface area contributed by atoms with Crippen molar-refractivity contribution in [3.63, 3.8) is 0 Å². The van der Waals surface area contributed by atoms with Gasteiger partial charge in [0, 0.05) is 16.7 Å². The molecule has 0 aromatic heterocycles. The SMILES string of the molecule is C[C@@H](Sc1ccccc1)[C@H](C)[N+](=O)[O-]. The first kappa shape index (κ1) is 11.0. The predicted molar refractivity (Wildman–Crippen MR) is 58.2 cm³/mol. The summed E-state index contributed by atoms with van der Waals surface area (Å²) >= 11 is 1.54. The molecule has 1 rings (SSSR count). The van der Waals surface area contributed by atoms with E-state index in [9.17, 15) is 10.1 Å². The van der Waals surface area contributed by atoms with E-state index in [0.29, 0.717) is 0 Å². The minimum Gasteiger partial charge on any atom is -0.264 e. The van der Waals surface area contributed by atoms with E-state index in [-0.39, 0.29) is 10.2 Å². The van der Waals surface area contributed by atoms with E-state index in [0.717, 1.165) is 4.90 Å². The molecule has 0 bridgehead atoms. The van der Waals surface area contributed by atoms with E-state index in [4.69, 9.17) is 0 Å². The molecule has 0 saturated carbocycles. The number of nitrogens with zero attached hydrogens (tertiary/aromatic N) is 1. The summed E-state index contributed by atoms with van der Waals surface area (Å²) in [6.45, 7) is 3.52. The second-order valence-electron chi connectivity index (χ2n) is 3.16. The van der Waals surface area contributed by atoms with Crippen LogP contribution in [0.3, 0.4) is 0 Å². The number of hydrogen-bond acceptors (Lipinski definition) is 3. The van der Waals surface area contributed by atoms with Gasteiger partial charge in [-0.3, -0.25) is 10.1 Å². The molecule has 0 aliphatic heterocycles. The lowest BCUT2D eigenvalue weighted by atomic mass is 10.3. The Morgan fingerprint density at radius 3 is 2.36 bits per heavy atom. The van der Waals surface area contributed by atoms with Crippen molar-refractivity contribution < 1.29 is 4.92 Å². The first-order chi connectivity index (χ1) is 6.61. The standard InChI is InChI=1S/C10H13NO2S/c1-8(11(12)13)9(2)14-10-6-4-3-5-7-10/h3-9H,1-2H3/t8-,9+/m0/s1. The fraction of sp³-hybridized carbons (Fsp3) is 0.400. The number of thioether (sulfide) groups is 1. The maximum atomic E-state index is 10.5. The summed E-state index contributed by atoms with van der Waals surface area (Å²) in [5, 5.41) is 10.5. The smallest absolute Gasteiger partial charge is 0.222 e. The van der Waals surface area contributed by atoms with Crippen LogP contribution in [-0.2, 0) is 0 Å². The van der Waals surface area contributed by atoms with Crippen LogP contribution in [0.1, 0.15) is 13.8 Å². The van der Waals surface area contributed by atoms with Crippen molar-refractivity contribution in [3.05, 3.63) is 40.4 Å². The van der Waals surface area contributed by atoms with Crippen LogP contribution in [0.2, 0.25) is 0 Å². The largest absolute Gasteiger partial charge is 0.264 e. The van der Waals surface area contributed by atoms with Crippen LogP contribution >= 0.6 is 11.8 Å². The second-order valence-corrected chi connectivity index (χ2v) is 4.61. The van der Waals surface area contributed by atoms with Crippen LogP contribution < -0.4 is 0 Å². The minimum absolute atomic E-state index is 0.00704. The molecule has 0 N–H and O–H groups in total. The zero-order valence-corrected chi connectivity index (χ0v) is 9.03. The van der Waals surface area contributed by atoms with Crippen LogP contribution in [0.15, 0.2) is 35.2 Å². The topological polar surface area (TPSA) is 43.1 Å². The highest BCUT2D eigenvalue weighted by atomic mass is 32.2. The van der Waals surface area contributed by atoms with E-state index >= 15 is 0 Å². The summed E-state index contributed by atoms with van der Waals surface area (Å²) in [5.41, 5.74) is 0. The van der Waals surface area contributed by atoms with Gasteiger partial charge in [-0.2, -0.15) is 0 Å². The van der Waals surface area contributed by atoms with Crippen molar-refractivity contribution in [1.82, 2.24) is 0 Å². The van der Waals surface area contributed by atoms with Gasteiger partial charge >= 0.3 is 0 Å². The first-order valence-corrected chi connectivity index (χ1v) is 5.34. The van der Waals surface area contributed by atoms with Crippen LogP contribution in [0, 0.1) is 10.1 Å². The Hall–Kier alpha value is -1.03. The van der Waals surface area contributed by atoms with Crippen LogP contribution in [-0.4, -0.2) is 16.2 Å². The Labute approximate surface area is 87.7 Å². The Kier molecular flexibility index (Phi) is 3.95. The average Bonchev–Trinajstić information content (AvgIpc) is 2.18. The number of nitro groups is 1. The summed E-state index contributed by atoms with van der Waals surface area (Å²) in [6.07, 6.45) is 0. The number of benzene rings is 1. The molecule has 0 heterocycles. The van der Waals surface area contributed by atoms with Gasteiger partial charge in [-0.25, -0.2) is 0 Å². The van der Waals surface area contributed by atoms with Crippen LogP contribution in [0.25, 0.3) is 0 Å². The van der Waals surface area contributed by atoms with E-state index < -0.39 is 6.04 Å². The lowest BCUT2D eigenvalue weighted by molar-refractivity contribution is -0.516. The predicted octanol–water partition coefficient (Wildman–Crippen LogP) is 2.83. The van der Waals surface area contributed by atoms with Gasteiger partial charge in [-0.1, -0.05) is 18.2 Å². The Morgan fingerprint density at radius 2 is 1.86 bits per heavy atom. The van der Waals surface area contributed by atoms with E-state index in [1.165, 1.54) is 11.8 Å². The van der Waals surface area contributed by atoms with E-state index in [2.05, 4.69) is 0 Å². The Morgan fingerprint density at radius 1 is 1.29 bits per heavy atom. The van der Waals surface area contributed by atoms with E-state index in [1.54, 1.807) is 6.92 Å². The highest BCUT2D eigenvalue weighted by molar-refractivity contribution is 8.00. The molecule has 0 aliphatic rings. The van der Waals surface area contributed by atoms with Gasteiger partial charge in [0.05, 0.1) is 5.25 Å². The molecule has 0 unspecified atom stereocenters. The zero-order chi connectivity index (χ0) is 10.6. The molecular formula is C10H13NO2S. The lowest BCUT2D eigenvalue weighted by Gasteiger charge is -2.12. The van der Waals surface area contributed by atoms with Gasteiger partial charge in [-0.15, -0.1) is 11.8 Å². The van der Waals surface area contributed by atoms with E-state index in [1.807, 2.05) is 37.3 Å². The molecule has 0 radical (unpaired) electrons. The summed E-state index contributed by atoms with van der Waals surface area (Å²) in [7, 11) is 0. The molecule has 76 valence electrons. The van der Waals surface area contributed by atoms with Crippen molar-refractivity contribution >= 4 is 11.8 Å². The molecular weight excluding hydrogens is 198 g/mol. The third-order valence-corrected chi connectivity index (χ3v) is 3.39. The minimum atomic E-state index is -0.514. The average molecular weight is 211 g/mol. The molecule has 2 atom stereocenters. The zero-order valence-electron chi connectivity index (χ0n) is 8.21. The number of rotatable bonds is 4. The Balaban J connectivity index is 2.57. The molecule has 1 aromatic rings. The molecule has 0 spiro atoms. The molecule has 1 aromatic carbocycles. The molecule has 0 fully saturated rings. The first-order valence-electron chi connectivity index (χ1n) is 4.46. The van der Waals surface area contributed by atoms with Gasteiger partial charge < -0.3 is 0 Å². The van der Waals surface area contributed by atoms with Crippen molar-refractivity contribution in [1.29, 1.82) is 0 Å². The van der Waals surface area contributed by atoms with Gasteiger partial charge in [-0.05, 0) is 19.1 Å². The van der Waals surface area contributed by atoms with Gasteiger partial charge in [0.25, 0.3) is 0 Å². The third-order valence-electron chi connectivity index (χ3n) is 2.08. The number of hydrogen-bond donors (Lipinski definition) is 0. The quantitative estimate of drug-likeness (QED) is 0.437. The van der Waals surface area contributed by atoms with Crippen molar-refractivity contribution in [2.75, 3.05) is 0 Å². The van der Waals surface area contributed by atoms with Crippen LogP contribution in [0.5, 0.6) is 0 Å². The van der Waals surface area contributed by atoms with Crippen molar-refractivity contribution in [2.45, 2.75) is 30.0 Å². The summed E-state index contributed by atoms with van der Waals surface area (Å²) < 4.78 is 0. The van der Waals surface area contributed by atoms with Gasteiger partial charge in [0.2, 0.25) is 6.04 Å². The monoisotopic (exact) mass is 211 g/mol. The van der Waals surface area contributed by atoms with Gasteiger partial charge in [0.1, 0.15) is 0 Å². The maximum absolute atomic E-state index is 10.5. The summed E-state index contributed by atoms with van der Waals surface area (Å²) in [5.74, 6) is 0. The second kappa shape index (κ2) is 5.00. The lowest BCUT2D eigenvalue weighted by Crippen LogP contribution is -2.25. The van der Waals surface area contributed by atoms with Crippen molar-refractivity contribution in [2.24, 2.45) is 0 Å². The molecule has 14 heavy (non-hydrogen) atoms. The maximum Gasteiger partial charge on any atom is 0.222 e. The fourth-order valence-electron chi connectivity index (χ4n) is 0.984. The normalized spacial score (nSPS) is 14.7. The molecule has 0 amide bonds.